The Balaban J connectivity index is 1.55. The maximum atomic E-state index is 14.1. The number of carbonyl (C=O) groups excluding carboxylic acids is 1. The summed E-state index contributed by atoms with van der Waals surface area (Å²) in [5, 5.41) is 13.6. The number of piperidine rings is 1. The summed E-state index contributed by atoms with van der Waals surface area (Å²) < 4.78 is 54.1. The van der Waals surface area contributed by atoms with Crippen molar-refractivity contribution in [2.75, 3.05) is 23.3 Å². The van der Waals surface area contributed by atoms with E-state index in [1.54, 1.807) is 0 Å². The molecule has 0 spiro atoms. The van der Waals surface area contributed by atoms with Crippen LogP contribution in [-0.4, -0.2) is 46.3 Å². The van der Waals surface area contributed by atoms with E-state index in [0.29, 0.717) is 5.69 Å². The molecule has 2 aromatic heterocycles. The molecule has 12 heteroatoms. The number of thiazole rings is 1. The quantitative estimate of drug-likeness (QED) is 0.487. The van der Waals surface area contributed by atoms with Crippen molar-refractivity contribution >= 4 is 28.6 Å². The van der Waals surface area contributed by atoms with Gasteiger partial charge in [-0.1, -0.05) is 0 Å². The summed E-state index contributed by atoms with van der Waals surface area (Å²) in [4.78, 5) is 22.4. The Morgan fingerprint density at radius 2 is 2.06 bits per heavy atom. The topological polar surface area (TPSA) is 104 Å². The maximum absolute atomic E-state index is 14.1. The second-order valence-corrected chi connectivity index (χ2v) is 8.55. The maximum Gasteiger partial charge on any atom is 0.393 e. The monoisotopic (exact) mass is 481 g/mol. The van der Waals surface area contributed by atoms with E-state index in [0.717, 1.165) is 17.4 Å². The Morgan fingerprint density at radius 1 is 1.27 bits per heavy atom. The number of pyridine rings is 1. The number of hydrogen-bond donors (Lipinski definition) is 3. The number of phenolic OH excluding ortho intramolecular Hbond substituents is 1. The van der Waals surface area contributed by atoms with Crippen molar-refractivity contribution in [3.63, 3.8) is 0 Å². The van der Waals surface area contributed by atoms with Crippen LogP contribution in [0.5, 0.6) is 5.75 Å². The van der Waals surface area contributed by atoms with Gasteiger partial charge in [0.2, 0.25) is 0 Å². The molecule has 0 saturated carbocycles. The summed E-state index contributed by atoms with van der Waals surface area (Å²) in [5.41, 5.74) is 6.57. The fourth-order valence-electron chi connectivity index (χ4n) is 3.70. The van der Waals surface area contributed by atoms with Crippen LogP contribution in [0.25, 0.3) is 10.6 Å². The minimum Gasteiger partial charge on any atom is -0.508 e. The van der Waals surface area contributed by atoms with E-state index in [2.05, 4.69) is 15.3 Å². The van der Waals surface area contributed by atoms with E-state index >= 15 is 0 Å². The Labute approximate surface area is 189 Å². The van der Waals surface area contributed by atoms with E-state index in [-0.39, 0.29) is 47.2 Å². The molecule has 33 heavy (non-hydrogen) atoms. The van der Waals surface area contributed by atoms with Gasteiger partial charge in [0.1, 0.15) is 22.3 Å². The third-order valence-electron chi connectivity index (χ3n) is 5.25. The number of rotatable bonds is 4. The largest absolute Gasteiger partial charge is 0.508 e. The minimum atomic E-state index is -4.38. The molecule has 2 atom stereocenters. The first kappa shape index (κ1) is 22.9. The Kier molecular flexibility index (Phi) is 6.21. The second kappa shape index (κ2) is 8.94. The van der Waals surface area contributed by atoms with Crippen molar-refractivity contribution in [2.24, 2.45) is 11.7 Å². The molecular weight excluding hydrogens is 462 g/mol. The number of alkyl halides is 3. The number of hydrogen-bond acceptors (Lipinski definition) is 7. The molecule has 0 unspecified atom stereocenters. The third-order valence-corrected chi connectivity index (χ3v) is 6.13. The molecule has 1 saturated heterocycles. The van der Waals surface area contributed by atoms with Crippen LogP contribution < -0.4 is 16.0 Å². The lowest BCUT2D eigenvalue weighted by atomic mass is 9.93. The van der Waals surface area contributed by atoms with Crippen molar-refractivity contribution in [3.05, 3.63) is 53.6 Å². The lowest BCUT2D eigenvalue weighted by Crippen LogP contribution is -2.51. The second-order valence-electron chi connectivity index (χ2n) is 7.69. The molecule has 1 fully saturated rings. The van der Waals surface area contributed by atoms with Crippen molar-refractivity contribution in [2.45, 2.75) is 18.6 Å². The average Bonchev–Trinajstić information content (AvgIpc) is 3.23. The van der Waals surface area contributed by atoms with Crippen molar-refractivity contribution in [1.82, 2.24) is 9.97 Å². The van der Waals surface area contributed by atoms with Gasteiger partial charge in [0.05, 0.1) is 23.5 Å². The number of aromatic hydroxyl groups is 1. The van der Waals surface area contributed by atoms with E-state index in [1.807, 2.05) is 0 Å². The van der Waals surface area contributed by atoms with Gasteiger partial charge in [0.25, 0.3) is 5.91 Å². The molecule has 4 rings (SSSR count). The molecule has 7 nitrogen and oxygen atoms in total. The predicted octanol–water partition coefficient (Wildman–Crippen LogP) is 4.02. The van der Waals surface area contributed by atoms with Gasteiger partial charge in [-0.05, 0) is 24.6 Å². The van der Waals surface area contributed by atoms with Crippen LogP contribution >= 0.6 is 11.3 Å². The summed E-state index contributed by atoms with van der Waals surface area (Å²) in [6, 6.07) is 4.43. The molecule has 0 aliphatic carbocycles. The normalized spacial score (nSPS) is 18.9. The van der Waals surface area contributed by atoms with Crippen LogP contribution in [0, 0.1) is 11.7 Å². The summed E-state index contributed by atoms with van der Waals surface area (Å²) in [6.07, 6.45) is -1.79. The van der Waals surface area contributed by atoms with Crippen LogP contribution in [0.2, 0.25) is 0 Å². The summed E-state index contributed by atoms with van der Waals surface area (Å²) in [5.74, 6) is -3.13. The number of amides is 1. The van der Waals surface area contributed by atoms with Gasteiger partial charge < -0.3 is 21.1 Å². The van der Waals surface area contributed by atoms with Crippen LogP contribution in [0.1, 0.15) is 16.9 Å². The average molecular weight is 481 g/mol. The number of anilines is 2. The van der Waals surface area contributed by atoms with Gasteiger partial charge in [-0.25, -0.2) is 9.37 Å². The number of carbonyl (C=O) groups is 1. The molecule has 0 radical (unpaired) electrons. The lowest BCUT2D eigenvalue weighted by molar-refractivity contribution is -0.177. The molecule has 1 aromatic carbocycles. The first-order valence-corrected chi connectivity index (χ1v) is 10.8. The fourth-order valence-corrected chi connectivity index (χ4v) is 4.52. The molecule has 3 heterocycles. The van der Waals surface area contributed by atoms with Crippen molar-refractivity contribution < 1.29 is 27.5 Å². The number of nitrogens with two attached hydrogens (primary N) is 1. The zero-order valence-electron chi connectivity index (χ0n) is 17.0. The van der Waals surface area contributed by atoms with Crippen LogP contribution in [0.4, 0.5) is 28.9 Å². The Bertz CT molecular complexity index is 1170. The number of halogens is 4. The number of nitrogens with zero attached hydrogens (tertiary/aromatic N) is 3. The first-order valence-electron chi connectivity index (χ1n) is 9.89. The standard InChI is InChI=1S/C21H19F4N5O2S/c22-15-6-13(31)1-2-14(15)20-29-17(10-33-20)19(32)28-16-7-27-4-3-18(16)30-8-11(21(23,24)25)5-12(26)9-30/h1-4,6-7,10-12,31H,5,8-9,26H2,(H,28,32)/t11-,12+/m1/s1. The molecule has 3 aromatic rings. The van der Waals surface area contributed by atoms with E-state index in [9.17, 15) is 27.5 Å². The number of aromatic nitrogens is 2. The van der Waals surface area contributed by atoms with Gasteiger partial charge >= 0.3 is 6.18 Å². The highest BCUT2D eigenvalue weighted by Gasteiger charge is 2.44. The van der Waals surface area contributed by atoms with Gasteiger partial charge in [-0.3, -0.25) is 9.78 Å². The van der Waals surface area contributed by atoms with E-state index < -0.39 is 29.9 Å². The molecule has 0 bridgehead atoms. The summed E-state index contributed by atoms with van der Waals surface area (Å²) in [7, 11) is 0. The van der Waals surface area contributed by atoms with Gasteiger partial charge in [-0.15, -0.1) is 11.3 Å². The Hall–Kier alpha value is -3.25. The Morgan fingerprint density at radius 3 is 2.79 bits per heavy atom. The zero-order chi connectivity index (χ0) is 23.8. The van der Waals surface area contributed by atoms with Crippen LogP contribution in [0.15, 0.2) is 42.0 Å². The molecule has 174 valence electrons. The molecule has 1 amide bonds. The van der Waals surface area contributed by atoms with Crippen molar-refractivity contribution in [1.29, 1.82) is 0 Å². The fraction of sp³-hybridized carbons (Fsp3) is 0.286. The van der Waals surface area contributed by atoms with Crippen LogP contribution in [-0.2, 0) is 0 Å². The number of benzene rings is 1. The van der Waals surface area contributed by atoms with E-state index in [4.69, 9.17) is 5.73 Å². The molecule has 4 N–H and O–H groups in total. The van der Waals surface area contributed by atoms with Gasteiger partial charge in [0, 0.05) is 42.3 Å². The predicted molar refractivity (Wildman–Crippen MR) is 116 cm³/mol. The third kappa shape index (κ3) is 5.06. The molecular formula is C21H19F4N5O2S. The first-order chi connectivity index (χ1) is 15.6. The van der Waals surface area contributed by atoms with Gasteiger partial charge in [-0.2, -0.15) is 13.2 Å². The van der Waals surface area contributed by atoms with E-state index in [1.165, 1.54) is 40.9 Å². The summed E-state index contributed by atoms with van der Waals surface area (Å²) >= 11 is 1.04. The van der Waals surface area contributed by atoms with Gasteiger partial charge in [0.15, 0.2) is 0 Å². The smallest absolute Gasteiger partial charge is 0.393 e. The SMILES string of the molecule is N[C@H]1C[C@@H](C(F)(F)F)CN(c2ccncc2NC(=O)c2csc(-c3ccc(O)cc3F)n2)C1. The lowest BCUT2D eigenvalue weighted by Gasteiger charge is -2.39. The highest BCUT2D eigenvalue weighted by Crippen LogP contribution is 2.36. The minimum absolute atomic E-state index is 0.000733. The van der Waals surface area contributed by atoms with Crippen molar-refractivity contribution in [3.8, 4) is 16.3 Å². The highest BCUT2D eigenvalue weighted by atomic mass is 32.1. The molecule has 1 aliphatic rings. The zero-order valence-corrected chi connectivity index (χ0v) is 17.8. The summed E-state index contributed by atoms with van der Waals surface area (Å²) in [6.45, 7) is -0.0918. The highest BCUT2D eigenvalue weighted by molar-refractivity contribution is 7.13. The number of phenols is 1. The van der Waals surface area contributed by atoms with Crippen LogP contribution in [0.3, 0.4) is 0 Å². The number of nitrogens with one attached hydrogen (secondary N) is 1. The molecule has 1 aliphatic heterocycles.